The maximum Gasteiger partial charge on any atom is 0.417 e. The van der Waals surface area contributed by atoms with Crippen LogP contribution in [-0.4, -0.2) is 17.2 Å². The van der Waals surface area contributed by atoms with Gasteiger partial charge in [0.25, 0.3) is 5.91 Å². The van der Waals surface area contributed by atoms with Gasteiger partial charge in [-0.3, -0.25) is 10.2 Å². The molecule has 0 aromatic heterocycles. The van der Waals surface area contributed by atoms with Crippen LogP contribution in [0.1, 0.15) is 31.4 Å². The minimum Gasteiger partial charge on any atom is -0.324 e. The van der Waals surface area contributed by atoms with Crippen LogP contribution in [0.4, 0.5) is 18.9 Å². The van der Waals surface area contributed by atoms with Crippen molar-refractivity contribution in [1.29, 1.82) is 5.26 Å². The number of carbonyl (C=O) groups is 1. The highest BCUT2D eigenvalue weighted by Gasteiger charge is 2.38. The van der Waals surface area contributed by atoms with Gasteiger partial charge in [-0.15, -0.1) is 0 Å². The van der Waals surface area contributed by atoms with Gasteiger partial charge in [0.1, 0.15) is 5.54 Å². The molecule has 0 bridgehead atoms. The van der Waals surface area contributed by atoms with E-state index >= 15 is 0 Å². The number of hydrazone groups is 1. The van der Waals surface area contributed by atoms with Crippen LogP contribution >= 0.6 is 0 Å². The summed E-state index contributed by atoms with van der Waals surface area (Å²) < 4.78 is 38.7. The van der Waals surface area contributed by atoms with Crippen molar-refractivity contribution >= 4 is 17.3 Å². The van der Waals surface area contributed by atoms with Gasteiger partial charge in [0.15, 0.2) is 0 Å². The molecule has 0 radical (unpaired) electrons. The third-order valence-electron chi connectivity index (χ3n) is 3.31. The molecule has 1 atom stereocenters. The Bertz CT molecular complexity index is 690. The highest BCUT2D eigenvalue weighted by molar-refractivity contribution is 6.02. The molecular weight excluding hydrogens is 297 g/mol. The number of hydrogen-bond donors (Lipinski definition) is 2. The smallest absolute Gasteiger partial charge is 0.324 e. The molecule has 1 aliphatic rings. The van der Waals surface area contributed by atoms with Crippen molar-refractivity contribution in [3.63, 3.8) is 0 Å². The number of nitrogens with one attached hydrogen (secondary N) is 2. The van der Waals surface area contributed by atoms with Crippen molar-refractivity contribution in [1.82, 2.24) is 5.43 Å². The zero-order chi connectivity index (χ0) is 16.5. The summed E-state index contributed by atoms with van der Waals surface area (Å²) in [6.45, 7) is 3.35. The Morgan fingerprint density at radius 2 is 2.18 bits per heavy atom. The SMILES string of the molecule is CC1=NNC(C)(C(=O)Nc2ccc(C#N)c(C(F)(F)F)c2)C1. The molecule has 0 aliphatic carbocycles. The average molecular weight is 310 g/mol. The molecule has 2 rings (SSSR count). The van der Waals surface area contributed by atoms with E-state index in [4.69, 9.17) is 5.26 Å². The monoisotopic (exact) mass is 310 g/mol. The maximum absolute atomic E-state index is 12.9. The van der Waals surface area contributed by atoms with Gasteiger partial charge >= 0.3 is 6.18 Å². The van der Waals surface area contributed by atoms with Crippen LogP contribution in [0.3, 0.4) is 0 Å². The van der Waals surface area contributed by atoms with E-state index < -0.39 is 28.7 Å². The van der Waals surface area contributed by atoms with Crippen molar-refractivity contribution in [2.24, 2.45) is 5.10 Å². The number of rotatable bonds is 2. The van der Waals surface area contributed by atoms with Crippen LogP contribution in [0.5, 0.6) is 0 Å². The third-order valence-corrected chi connectivity index (χ3v) is 3.31. The molecule has 1 aromatic rings. The summed E-state index contributed by atoms with van der Waals surface area (Å²) in [5, 5.41) is 15.1. The van der Waals surface area contributed by atoms with Gasteiger partial charge in [0.05, 0.1) is 17.2 Å². The number of carbonyl (C=O) groups excluding carboxylic acids is 1. The zero-order valence-electron chi connectivity index (χ0n) is 11.9. The number of alkyl halides is 3. The normalized spacial score (nSPS) is 20.8. The lowest BCUT2D eigenvalue weighted by molar-refractivity contribution is -0.137. The molecule has 1 aromatic carbocycles. The maximum atomic E-state index is 12.9. The lowest BCUT2D eigenvalue weighted by Gasteiger charge is -2.22. The van der Waals surface area contributed by atoms with Crippen LogP contribution in [0.15, 0.2) is 23.3 Å². The lowest BCUT2D eigenvalue weighted by atomic mass is 9.96. The van der Waals surface area contributed by atoms with E-state index in [2.05, 4.69) is 15.8 Å². The topological polar surface area (TPSA) is 77.3 Å². The fraction of sp³-hybridized carbons (Fsp3) is 0.357. The molecule has 1 unspecified atom stereocenters. The quantitative estimate of drug-likeness (QED) is 0.881. The first-order chi connectivity index (χ1) is 10.2. The molecule has 0 saturated heterocycles. The van der Waals surface area contributed by atoms with E-state index in [-0.39, 0.29) is 5.69 Å². The second-order valence-corrected chi connectivity index (χ2v) is 5.29. The Hall–Kier alpha value is -2.56. The van der Waals surface area contributed by atoms with Crippen LogP contribution in [0.2, 0.25) is 0 Å². The Morgan fingerprint density at radius 1 is 1.50 bits per heavy atom. The number of hydrogen-bond acceptors (Lipinski definition) is 4. The Balaban J connectivity index is 2.25. The van der Waals surface area contributed by atoms with Gasteiger partial charge in [-0.25, -0.2) is 0 Å². The summed E-state index contributed by atoms with van der Waals surface area (Å²) in [5.41, 5.74) is 0.804. The van der Waals surface area contributed by atoms with Crippen molar-refractivity contribution in [3.05, 3.63) is 29.3 Å². The second kappa shape index (κ2) is 5.33. The highest BCUT2D eigenvalue weighted by atomic mass is 19.4. The summed E-state index contributed by atoms with van der Waals surface area (Å²) in [6, 6.07) is 4.53. The van der Waals surface area contributed by atoms with Crippen molar-refractivity contribution in [2.45, 2.75) is 32.0 Å². The number of nitriles is 1. The summed E-state index contributed by atoms with van der Waals surface area (Å²) in [4.78, 5) is 12.2. The Kier molecular flexibility index (Phi) is 3.83. The fourth-order valence-corrected chi connectivity index (χ4v) is 2.16. The lowest BCUT2D eigenvalue weighted by Crippen LogP contribution is -2.47. The predicted octanol–water partition coefficient (Wildman–Crippen LogP) is 2.64. The second-order valence-electron chi connectivity index (χ2n) is 5.29. The molecule has 1 heterocycles. The van der Waals surface area contributed by atoms with Crippen molar-refractivity contribution in [3.8, 4) is 6.07 Å². The largest absolute Gasteiger partial charge is 0.417 e. The zero-order valence-corrected chi connectivity index (χ0v) is 11.9. The molecule has 0 fully saturated rings. The first kappa shape index (κ1) is 15.8. The van der Waals surface area contributed by atoms with Crippen LogP contribution < -0.4 is 10.7 Å². The van der Waals surface area contributed by atoms with E-state index in [1.54, 1.807) is 13.8 Å². The van der Waals surface area contributed by atoms with E-state index in [1.165, 1.54) is 12.1 Å². The Labute approximate surface area is 124 Å². The Morgan fingerprint density at radius 3 is 2.68 bits per heavy atom. The van der Waals surface area contributed by atoms with Gasteiger partial charge in [-0.1, -0.05) is 0 Å². The minimum absolute atomic E-state index is 0.0242. The summed E-state index contributed by atoms with van der Waals surface area (Å²) in [6.07, 6.45) is -4.30. The molecule has 1 amide bonds. The first-order valence-corrected chi connectivity index (χ1v) is 6.39. The molecular formula is C14H13F3N4O. The van der Waals surface area contributed by atoms with E-state index in [1.807, 2.05) is 0 Å². The molecule has 0 spiro atoms. The number of amides is 1. The van der Waals surface area contributed by atoms with Gasteiger partial charge in [0, 0.05) is 17.8 Å². The van der Waals surface area contributed by atoms with Crippen LogP contribution in [0.25, 0.3) is 0 Å². The van der Waals surface area contributed by atoms with E-state index in [0.29, 0.717) is 6.42 Å². The molecule has 8 heteroatoms. The number of nitrogens with zero attached hydrogens (tertiary/aromatic N) is 2. The third kappa shape index (κ3) is 3.03. The minimum atomic E-state index is -4.67. The van der Waals surface area contributed by atoms with Crippen LogP contribution in [-0.2, 0) is 11.0 Å². The molecule has 5 nitrogen and oxygen atoms in total. The number of halogens is 3. The van der Waals surface area contributed by atoms with Crippen LogP contribution in [0, 0.1) is 11.3 Å². The van der Waals surface area contributed by atoms with E-state index in [9.17, 15) is 18.0 Å². The molecule has 1 aliphatic heterocycles. The highest BCUT2D eigenvalue weighted by Crippen LogP contribution is 2.33. The fourth-order valence-electron chi connectivity index (χ4n) is 2.16. The average Bonchev–Trinajstić information content (AvgIpc) is 2.79. The van der Waals surface area contributed by atoms with Gasteiger partial charge in [-0.2, -0.15) is 23.5 Å². The molecule has 2 N–H and O–H groups in total. The molecule has 22 heavy (non-hydrogen) atoms. The van der Waals surface area contributed by atoms with Crippen molar-refractivity contribution < 1.29 is 18.0 Å². The number of anilines is 1. The molecule has 116 valence electrons. The van der Waals surface area contributed by atoms with Gasteiger partial charge in [-0.05, 0) is 32.0 Å². The van der Waals surface area contributed by atoms with Gasteiger partial charge in [0.2, 0.25) is 0 Å². The number of benzene rings is 1. The van der Waals surface area contributed by atoms with Gasteiger partial charge < -0.3 is 5.32 Å². The standard InChI is InChI=1S/C14H13F3N4O/c1-8-6-13(2,21-20-8)12(22)19-10-4-3-9(7-18)11(5-10)14(15,16)17/h3-5,21H,6H2,1-2H3,(H,19,22). The van der Waals surface area contributed by atoms with E-state index in [0.717, 1.165) is 17.8 Å². The first-order valence-electron chi connectivity index (χ1n) is 6.39. The van der Waals surface area contributed by atoms with Crippen molar-refractivity contribution in [2.75, 3.05) is 5.32 Å². The summed E-state index contributed by atoms with van der Waals surface area (Å²) in [5.74, 6) is -0.495. The summed E-state index contributed by atoms with van der Waals surface area (Å²) in [7, 11) is 0. The molecule has 0 saturated carbocycles. The summed E-state index contributed by atoms with van der Waals surface area (Å²) >= 11 is 0. The predicted molar refractivity (Wildman–Crippen MR) is 74.1 cm³/mol.